The minimum absolute atomic E-state index is 0.0293. The Balaban J connectivity index is 3.54. The van der Waals surface area contributed by atoms with Crippen LogP contribution in [0.25, 0.3) is 0 Å². The van der Waals surface area contributed by atoms with E-state index in [1.807, 2.05) is 17.1 Å². The van der Waals surface area contributed by atoms with E-state index in [2.05, 4.69) is 56.5 Å². The number of rotatable bonds is 6. The Morgan fingerprint density at radius 2 is 1.80 bits per heavy atom. The second-order valence-corrected chi connectivity index (χ2v) is 13.4. The van der Waals surface area contributed by atoms with Crippen LogP contribution in [-0.4, -0.2) is 47.8 Å². The highest BCUT2D eigenvalue weighted by atomic mass is 127. The molecule has 7 heteroatoms. The summed E-state index contributed by atoms with van der Waals surface area (Å²) in [6, 6.07) is 0. The zero-order valence-electron chi connectivity index (χ0n) is 16.7. The standard InChI is InChI=1S/C18H31IO5Si/c1-17(2,3)25(8,9)24-15-14(22-6)13(21-5)12(16(20)23-7)18(15,4)10-11-19/h10-11,14-15H,1-9H3/b11-10+/t14-,15+,18+/m0/s1. The number of hydrogen-bond acceptors (Lipinski definition) is 5. The van der Waals surface area contributed by atoms with Crippen molar-refractivity contribution >= 4 is 36.9 Å². The van der Waals surface area contributed by atoms with E-state index < -0.39 is 25.8 Å². The zero-order chi connectivity index (χ0) is 19.6. The minimum atomic E-state index is -2.11. The fourth-order valence-corrected chi connectivity index (χ4v) is 4.96. The molecule has 0 saturated carbocycles. The van der Waals surface area contributed by atoms with Gasteiger partial charge in [-0.3, -0.25) is 0 Å². The summed E-state index contributed by atoms with van der Waals surface area (Å²) in [5, 5.41) is 0.0293. The van der Waals surface area contributed by atoms with Crippen molar-refractivity contribution in [3.8, 4) is 0 Å². The maximum absolute atomic E-state index is 12.5. The van der Waals surface area contributed by atoms with Crippen LogP contribution in [0.2, 0.25) is 18.1 Å². The van der Waals surface area contributed by atoms with E-state index in [0.29, 0.717) is 11.3 Å². The van der Waals surface area contributed by atoms with E-state index >= 15 is 0 Å². The third-order valence-corrected chi connectivity index (χ3v) is 10.2. The summed E-state index contributed by atoms with van der Waals surface area (Å²) in [5.41, 5.74) is -0.239. The van der Waals surface area contributed by atoms with Crippen LogP contribution in [0.4, 0.5) is 0 Å². The van der Waals surface area contributed by atoms with Crippen LogP contribution in [-0.2, 0) is 23.4 Å². The second-order valence-electron chi connectivity index (χ2n) is 7.97. The average molecular weight is 482 g/mol. The van der Waals surface area contributed by atoms with Gasteiger partial charge in [0.1, 0.15) is 11.9 Å². The van der Waals surface area contributed by atoms with Crippen molar-refractivity contribution in [3.63, 3.8) is 0 Å². The fourth-order valence-electron chi connectivity index (χ4n) is 2.86. The first-order chi connectivity index (χ1) is 11.4. The number of carbonyl (C=O) groups excluding carboxylic acids is 1. The van der Waals surface area contributed by atoms with Gasteiger partial charge in [0.2, 0.25) is 0 Å². The quantitative estimate of drug-likeness (QED) is 0.319. The highest BCUT2D eigenvalue weighted by molar-refractivity contribution is 14.1. The van der Waals surface area contributed by atoms with Gasteiger partial charge in [0.25, 0.3) is 0 Å². The molecule has 0 radical (unpaired) electrons. The summed E-state index contributed by atoms with van der Waals surface area (Å²) in [7, 11) is 2.42. The lowest BCUT2D eigenvalue weighted by molar-refractivity contribution is -0.137. The molecule has 0 aromatic carbocycles. The van der Waals surface area contributed by atoms with Crippen LogP contribution in [0.1, 0.15) is 27.7 Å². The fraction of sp³-hybridized carbons (Fsp3) is 0.722. The molecule has 0 amide bonds. The smallest absolute Gasteiger partial charge is 0.338 e. The Morgan fingerprint density at radius 3 is 2.16 bits per heavy atom. The third-order valence-electron chi connectivity index (χ3n) is 5.41. The molecule has 0 aromatic heterocycles. The van der Waals surface area contributed by atoms with E-state index in [1.165, 1.54) is 7.11 Å². The molecule has 1 aliphatic carbocycles. The monoisotopic (exact) mass is 482 g/mol. The number of ether oxygens (including phenoxy) is 3. The van der Waals surface area contributed by atoms with Gasteiger partial charge in [-0.25, -0.2) is 4.79 Å². The molecule has 1 aliphatic rings. The molecule has 0 saturated heterocycles. The predicted octanol–water partition coefficient (Wildman–Crippen LogP) is 4.43. The van der Waals surface area contributed by atoms with Crippen LogP contribution in [0, 0.1) is 5.41 Å². The van der Waals surface area contributed by atoms with Crippen LogP contribution >= 0.6 is 22.6 Å². The molecule has 0 N–H and O–H groups in total. The van der Waals surface area contributed by atoms with Gasteiger partial charge in [-0.1, -0.05) is 49.4 Å². The number of esters is 1. The molecule has 0 unspecified atom stereocenters. The van der Waals surface area contributed by atoms with Crippen LogP contribution in [0.3, 0.4) is 0 Å². The molecule has 0 spiro atoms. The Labute approximate surface area is 166 Å². The summed E-state index contributed by atoms with van der Waals surface area (Å²) >= 11 is 2.15. The van der Waals surface area contributed by atoms with E-state index in [9.17, 15) is 4.79 Å². The van der Waals surface area contributed by atoms with Gasteiger partial charge in [0, 0.05) is 12.5 Å². The largest absolute Gasteiger partial charge is 0.498 e. The number of hydrogen-bond donors (Lipinski definition) is 0. The average Bonchev–Trinajstić information content (AvgIpc) is 2.73. The maximum atomic E-state index is 12.5. The molecular weight excluding hydrogens is 451 g/mol. The minimum Gasteiger partial charge on any atom is -0.498 e. The summed E-state index contributed by atoms with van der Waals surface area (Å²) in [5.74, 6) is 0.0623. The molecule has 0 fully saturated rings. The van der Waals surface area contributed by atoms with E-state index in [1.54, 1.807) is 14.2 Å². The zero-order valence-corrected chi connectivity index (χ0v) is 19.9. The van der Waals surface area contributed by atoms with E-state index in [4.69, 9.17) is 18.6 Å². The lowest BCUT2D eigenvalue weighted by Crippen LogP contribution is -2.51. The van der Waals surface area contributed by atoms with Gasteiger partial charge in [-0.15, -0.1) is 0 Å². The SMILES string of the molecule is COC(=O)C1=C(OC)[C@H](OC)[C@@H](O[Si](C)(C)C(C)(C)C)[C@]1(C)/C=C/I. The van der Waals surface area contributed by atoms with Crippen LogP contribution in [0.15, 0.2) is 21.5 Å². The summed E-state index contributed by atoms with van der Waals surface area (Å²) < 4.78 is 25.0. The molecule has 1 rings (SSSR count). The summed E-state index contributed by atoms with van der Waals surface area (Å²) in [6.07, 6.45) is 1.13. The van der Waals surface area contributed by atoms with Gasteiger partial charge in [-0.2, -0.15) is 0 Å². The number of halogens is 1. The number of methoxy groups -OCH3 is 3. The first-order valence-electron chi connectivity index (χ1n) is 8.26. The van der Waals surface area contributed by atoms with Crippen molar-refractivity contribution in [1.82, 2.24) is 0 Å². The topological polar surface area (TPSA) is 54.0 Å². The molecule has 3 atom stereocenters. The Hall–Kier alpha value is -0.383. The van der Waals surface area contributed by atoms with Gasteiger partial charge in [0.15, 0.2) is 8.32 Å². The predicted molar refractivity (Wildman–Crippen MR) is 110 cm³/mol. The van der Waals surface area contributed by atoms with Gasteiger partial charge < -0.3 is 18.6 Å². The second kappa shape index (κ2) is 8.10. The molecule has 0 heterocycles. The molecular formula is C18H31IO5Si. The van der Waals surface area contributed by atoms with Crippen molar-refractivity contribution in [3.05, 3.63) is 21.5 Å². The highest BCUT2D eigenvalue weighted by Crippen LogP contribution is 2.50. The highest BCUT2D eigenvalue weighted by Gasteiger charge is 2.57. The van der Waals surface area contributed by atoms with Crippen molar-refractivity contribution in [2.24, 2.45) is 5.41 Å². The lowest BCUT2D eigenvalue weighted by atomic mass is 9.81. The molecule has 0 bridgehead atoms. The van der Waals surface area contributed by atoms with Crippen LogP contribution < -0.4 is 0 Å². The lowest BCUT2D eigenvalue weighted by Gasteiger charge is -2.43. The third kappa shape index (κ3) is 4.14. The normalized spacial score (nSPS) is 27.9. The Morgan fingerprint density at radius 1 is 1.24 bits per heavy atom. The van der Waals surface area contributed by atoms with E-state index in [-0.39, 0.29) is 11.1 Å². The molecule has 5 nitrogen and oxygen atoms in total. The maximum Gasteiger partial charge on any atom is 0.338 e. The molecule has 0 aromatic rings. The first-order valence-corrected chi connectivity index (χ1v) is 12.4. The van der Waals surface area contributed by atoms with E-state index in [0.717, 1.165) is 0 Å². The van der Waals surface area contributed by atoms with Crippen molar-refractivity contribution in [1.29, 1.82) is 0 Å². The van der Waals surface area contributed by atoms with Gasteiger partial charge in [-0.05, 0) is 29.1 Å². The summed E-state index contributed by atoms with van der Waals surface area (Å²) in [6.45, 7) is 12.9. The van der Waals surface area contributed by atoms with Crippen molar-refractivity contribution < 1.29 is 23.4 Å². The number of carbonyl (C=O) groups is 1. The van der Waals surface area contributed by atoms with Crippen molar-refractivity contribution in [2.45, 2.75) is 58.0 Å². The van der Waals surface area contributed by atoms with Gasteiger partial charge >= 0.3 is 5.97 Å². The molecule has 0 aliphatic heterocycles. The van der Waals surface area contributed by atoms with Crippen molar-refractivity contribution in [2.75, 3.05) is 21.3 Å². The summed E-state index contributed by atoms with van der Waals surface area (Å²) in [4.78, 5) is 12.5. The molecule has 25 heavy (non-hydrogen) atoms. The van der Waals surface area contributed by atoms with Gasteiger partial charge in [0.05, 0.1) is 25.9 Å². The first kappa shape index (κ1) is 22.7. The Kier molecular flexibility index (Phi) is 7.34. The van der Waals surface area contributed by atoms with Crippen LogP contribution in [0.5, 0.6) is 0 Å². The Bertz CT molecular complexity index is 564. The molecule has 144 valence electrons.